The van der Waals surface area contributed by atoms with Crippen LogP contribution in [-0.2, 0) is 0 Å². The van der Waals surface area contributed by atoms with Gasteiger partial charge in [0.05, 0.1) is 13.2 Å². The van der Waals surface area contributed by atoms with Gasteiger partial charge in [-0.1, -0.05) is 57.9 Å². The van der Waals surface area contributed by atoms with E-state index in [9.17, 15) is 9.50 Å². The number of methoxy groups -OCH3 is 1. The number of halogens is 1. The summed E-state index contributed by atoms with van der Waals surface area (Å²) >= 11 is 0. The molecule has 0 spiro atoms. The summed E-state index contributed by atoms with van der Waals surface area (Å²) < 4.78 is 18.2. The fourth-order valence-electron chi connectivity index (χ4n) is 2.35. The predicted octanol–water partition coefficient (Wildman–Crippen LogP) is 5.01. The third kappa shape index (κ3) is 5.91. The minimum Gasteiger partial charge on any atom is -0.494 e. The summed E-state index contributed by atoms with van der Waals surface area (Å²) in [5.74, 6) is -0.194. The zero-order valence-corrected chi connectivity index (χ0v) is 12.7. The topological polar surface area (TPSA) is 29.5 Å². The minimum absolute atomic E-state index is 0.195. The largest absolute Gasteiger partial charge is 0.494 e. The highest BCUT2D eigenvalue weighted by molar-refractivity contribution is 5.31. The van der Waals surface area contributed by atoms with Gasteiger partial charge in [0.1, 0.15) is 0 Å². The van der Waals surface area contributed by atoms with Gasteiger partial charge in [-0.2, -0.15) is 0 Å². The van der Waals surface area contributed by atoms with Crippen LogP contribution in [0.1, 0.15) is 70.0 Å². The molecule has 114 valence electrons. The van der Waals surface area contributed by atoms with Crippen molar-refractivity contribution in [1.82, 2.24) is 0 Å². The van der Waals surface area contributed by atoms with Crippen LogP contribution in [0.15, 0.2) is 18.2 Å². The summed E-state index contributed by atoms with van der Waals surface area (Å²) in [6.45, 7) is 2.22. The summed E-state index contributed by atoms with van der Waals surface area (Å²) in [4.78, 5) is 0. The molecule has 1 atom stereocenters. The highest BCUT2D eigenvalue weighted by atomic mass is 19.1. The van der Waals surface area contributed by atoms with Crippen molar-refractivity contribution in [3.63, 3.8) is 0 Å². The van der Waals surface area contributed by atoms with Gasteiger partial charge in [0.25, 0.3) is 0 Å². The normalized spacial score (nSPS) is 12.4. The molecule has 0 aliphatic rings. The number of hydrogen-bond donors (Lipinski definition) is 1. The highest BCUT2D eigenvalue weighted by Gasteiger charge is 2.10. The Morgan fingerprint density at radius 2 is 1.75 bits per heavy atom. The molecule has 0 aliphatic carbocycles. The van der Waals surface area contributed by atoms with Gasteiger partial charge >= 0.3 is 0 Å². The number of benzene rings is 1. The molecule has 0 bridgehead atoms. The van der Waals surface area contributed by atoms with Crippen molar-refractivity contribution in [3.05, 3.63) is 29.6 Å². The maximum absolute atomic E-state index is 13.3. The monoisotopic (exact) mass is 282 g/mol. The number of ether oxygens (including phenoxy) is 1. The Bertz CT molecular complexity index is 379. The van der Waals surface area contributed by atoms with E-state index in [4.69, 9.17) is 4.74 Å². The maximum Gasteiger partial charge on any atom is 0.165 e. The summed E-state index contributed by atoms with van der Waals surface area (Å²) in [6, 6.07) is 4.56. The number of rotatable bonds is 10. The van der Waals surface area contributed by atoms with E-state index in [1.807, 2.05) is 0 Å². The number of hydrogen-bond acceptors (Lipinski definition) is 2. The smallest absolute Gasteiger partial charge is 0.165 e. The Hall–Kier alpha value is -1.09. The molecule has 1 aromatic carbocycles. The molecule has 1 unspecified atom stereocenters. The van der Waals surface area contributed by atoms with Crippen LogP contribution in [0.3, 0.4) is 0 Å². The van der Waals surface area contributed by atoms with Crippen LogP contribution in [0.4, 0.5) is 4.39 Å². The van der Waals surface area contributed by atoms with Crippen molar-refractivity contribution in [2.24, 2.45) is 0 Å². The fourth-order valence-corrected chi connectivity index (χ4v) is 2.35. The van der Waals surface area contributed by atoms with Gasteiger partial charge in [-0.05, 0) is 24.1 Å². The molecule has 0 radical (unpaired) electrons. The molecule has 0 aliphatic heterocycles. The molecular weight excluding hydrogens is 255 g/mol. The van der Waals surface area contributed by atoms with E-state index in [0.717, 1.165) is 24.8 Å². The van der Waals surface area contributed by atoms with Gasteiger partial charge in [0.2, 0.25) is 0 Å². The summed E-state index contributed by atoms with van der Waals surface area (Å²) in [5.41, 5.74) is 0.731. The highest BCUT2D eigenvalue weighted by Crippen LogP contribution is 2.25. The maximum atomic E-state index is 13.3. The second-order valence-electron chi connectivity index (χ2n) is 5.32. The van der Waals surface area contributed by atoms with Gasteiger partial charge in [0.15, 0.2) is 11.6 Å². The van der Waals surface area contributed by atoms with Crippen LogP contribution >= 0.6 is 0 Å². The van der Waals surface area contributed by atoms with Crippen LogP contribution < -0.4 is 4.74 Å². The number of aliphatic hydroxyl groups is 1. The lowest BCUT2D eigenvalue weighted by Gasteiger charge is -2.12. The van der Waals surface area contributed by atoms with Crippen LogP contribution in [0.5, 0.6) is 5.75 Å². The quantitative estimate of drug-likeness (QED) is 0.611. The van der Waals surface area contributed by atoms with E-state index >= 15 is 0 Å². The molecule has 0 saturated carbocycles. The Morgan fingerprint density at radius 3 is 2.40 bits per heavy atom. The van der Waals surface area contributed by atoms with E-state index < -0.39 is 6.10 Å². The summed E-state index contributed by atoms with van der Waals surface area (Å²) in [5, 5.41) is 10.1. The molecule has 3 heteroatoms. The predicted molar refractivity (Wildman–Crippen MR) is 80.5 cm³/mol. The molecule has 1 N–H and O–H groups in total. The molecule has 1 rings (SSSR count). The Balaban J connectivity index is 2.27. The zero-order chi connectivity index (χ0) is 14.8. The molecule has 20 heavy (non-hydrogen) atoms. The first-order valence-corrected chi connectivity index (χ1v) is 7.70. The van der Waals surface area contributed by atoms with E-state index in [0.29, 0.717) is 0 Å². The van der Waals surface area contributed by atoms with Gasteiger partial charge in [-0.15, -0.1) is 0 Å². The van der Waals surface area contributed by atoms with Gasteiger partial charge in [-0.3, -0.25) is 0 Å². The number of unbranched alkanes of at least 4 members (excludes halogenated alkanes) is 6. The fraction of sp³-hybridized carbons (Fsp3) is 0.647. The lowest BCUT2D eigenvalue weighted by Crippen LogP contribution is -1.99. The van der Waals surface area contributed by atoms with Gasteiger partial charge < -0.3 is 9.84 Å². The standard InChI is InChI=1S/C17H27FO2/c1-3-4-5-6-7-8-9-10-16(19)14-11-12-15(18)17(13-14)20-2/h11-13,16,19H,3-10H2,1-2H3. The van der Waals surface area contributed by atoms with E-state index in [2.05, 4.69) is 6.92 Å². The first-order chi connectivity index (χ1) is 9.69. The van der Waals surface area contributed by atoms with E-state index in [1.54, 1.807) is 12.1 Å². The van der Waals surface area contributed by atoms with Crippen molar-refractivity contribution in [3.8, 4) is 5.75 Å². The molecule has 0 amide bonds. The minimum atomic E-state index is -0.528. The van der Waals surface area contributed by atoms with E-state index in [1.165, 1.54) is 45.3 Å². The van der Waals surface area contributed by atoms with E-state index in [-0.39, 0.29) is 11.6 Å². The first kappa shape index (κ1) is 17.0. The average molecular weight is 282 g/mol. The molecular formula is C17H27FO2. The van der Waals surface area contributed by atoms with Crippen LogP contribution in [0.2, 0.25) is 0 Å². The van der Waals surface area contributed by atoms with Gasteiger partial charge in [-0.25, -0.2) is 4.39 Å². The second kappa shape index (κ2) is 9.76. The summed E-state index contributed by atoms with van der Waals surface area (Å²) in [7, 11) is 1.44. The van der Waals surface area contributed by atoms with Crippen molar-refractivity contribution >= 4 is 0 Å². The van der Waals surface area contributed by atoms with Crippen molar-refractivity contribution < 1.29 is 14.2 Å². The van der Waals surface area contributed by atoms with Crippen molar-refractivity contribution in [2.45, 2.75) is 64.4 Å². The van der Waals surface area contributed by atoms with Crippen LogP contribution in [0.25, 0.3) is 0 Å². The lowest BCUT2D eigenvalue weighted by atomic mass is 10.0. The van der Waals surface area contributed by atoms with Gasteiger partial charge in [0, 0.05) is 0 Å². The number of aliphatic hydroxyl groups excluding tert-OH is 1. The SMILES string of the molecule is CCCCCCCCCC(O)c1ccc(F)c(OC)c1. The molecule has 0 aromatic heterocycles. The Labute approximate surface area is 122 Å². The molecule has 0 fully saturated rings. The van der Waals surface area contributed by atoms with Crippen LogP contribution in [0, 0.1) is 5.82 Å². The van der Waals surface area contributed by atoms with Crippen LogP contribution in [-0.4, -0.2) is 12.2 Å². The molecule has 1 aromatic rings. The second-order valence-corrected chi connectivity index (χ2v) is 5.32. The third-order valence-corrected chi connectivity index (χ3v) is 3.64. The average Bonchev–Trinajstić information content (AvgIpc) is 2.46. The molecule has 2 nitrogen and oxygen atoms in total. The lowest BCUT2D eigenvalue weighted by molar-refractivity contribution is 0.162. The zero-order valence-electron chi connectivity index (χ0n) is 12.7. The van der Waals surface area contributed by atoms with Crippen molar-refractivity contribution in [1.29, 1.82) is 0 Å². The Kier molecular flexibility index (Phi) is 8.28. The Morgan fingerprint density at radius 1 is 1.10 bits per heavy atom. The van der Waals surface area contributed by atoms with Crippen molar-refractivity contribution in [2.75, 3.05) is 7.11 Å². The summed E-state index contributed by atoms with van der Waals surface area (Å²) in [6.07, 6.45) is 8.78. The molecule has 0 saturated heterocycles. The molecule has 0 heterocycles. The first-order valence-electron chi connectivity index (χ1n) is 7.70. The third-order valence-electron chi connectivity index (χ3n) is 3.64.